The molecule has 5 heteroatoms. The largest absolute Gasteiger partial charge is 0.496 e. The lowest BCUT2D eigenvalue weighted by Gasteiger charge is -2.06. The topological polar surface area (TPSA) is 63.6 Å². The van der Waals surface area contributed by atoms with Crippen molar-refractivity contribution in [3.8, 4) is 5.75 Å². The Kier molecular flexibility index (Phi) is 3.77. The van der Waals surface area contributed by atoms with E-state index in [1.54, 1.807) is 0 Å². The average molecular weight is 224 g/mol. The number of benzene rings is 1. The van der Waals surface area contributed by atoms with Crippen molar-refractivity contribution in [3.63, 3.8) is 0 Å². The quantitative estimate of drug-likeness (QED) is 0.625. The molecule has 0 heterocycles. The molecule has 0 saturated heterocycles. The van der Waals surface area contributed by atoms with E-state index in [4.69, 9.17) is 9.84 Å². The summed E-state index contributed by atoms with van der Waals surface area (Å²) in [5, 5.41) is 8.39. The lowest BCUT2D eigenvalue weighted by molar-refractivity contribution is -0.131. The second-order valence-electron chi connectivity index (χ2n) is 2.87. The number of aldehydes is 1. The highest BCUT2D eigenvalue weighted by Gasteiger charge is 2.11. The van der Waals surface area contributed by atoms with Crippen LogP contribution in [0.3, 0.4) is 0 Å². The molecule has 0 unspecified atom stereocenters. The van der Waals surface area contributed by atoms with Crippen LogP contribution in [-0.4, -0.2) is 24.5 Å². The minimum atomic E-state index is -1.19. The number of ether oxygens (including phenoxy) is 1. The predicted molar refractivity (Wildman–Crippen MR) is 55.0 cm³/mol. The van der Waals surface area contributed by atoms with E-state index in [0.717, 1.165) is 12.2 Å². The van der Waals surface area contributed by atoms with Crippen molar-refractivity contribution in [2.24, 2.45) is 0 Å². The van der Waals surface area contributed by atoms with E-state index >= 15 is 0 Å². The summed E-state index contributed by atoms with van der Waals surface area (Å²) >= 11 is 0. The fourth-order valence-corrected chi connectivity index (χ4v) is 1.17. The van der Waals surface area contributed by atoms with Crippen molar-refractivity contribution in [2.45, 2.75) is 0 Å². The Morgan fingerprint density at radius 1 is 1.50 bits per heavy atom. The molecule has 16 heavy (non-hydrogen) atoms. The highest BCUT2D eigenvalue weighted by atomic mass is 19.1. The van der Waals surface area contributed by atoms with Crippen molar-refractivity contribution in [3.05, 3.63) is 35.2 Å². The summed E-state index contributed by atoms with van der Waals surface area (Å²) in [6, 6.07) is 2.73. The van der Waals surface area contributed by atoms with Gasteiger partial charge in [-0.25, -0.2) is 9.18 Å². The normalized spacial score (nSPS) is 10.4. The fourth-order valence-electron chi connectivity index (χ4n) is 1.17. The van der Waals surface area contributed by atoms with Crippen molar-refractivity contribution in [1.82, 2.24) is 0 Å². The highest BCUT2D eigenvalue weighted by Crippen LogP contribution is 2.23. The van der Waals surface area contributed by atoms with Crippen molar-refractivity contribution < 1.29 is 23.8 Å². The zero-order valence-corrected chi connectivity index (χ0v) is 8.44. The summed E-state index contributed by atoms with van der Waals surface area (Å²) in [5.74, 6) is -1.88. The zero-order chi connectivity index (χ0) is 12.1. The number of carbonyl (C=O) groups is 2. The van der Waals surface area contributed by atoms with Gasteiger partial charge in [-0.1, -0.05) is 0 Å². The number of halogens is 1. The molecular weight excluding hydrogens is 215 g/mol. The van der Waals surface area contributed by atoms with E-state index in [-0.39, 0.29) is 16.9 Å². The van der Waals surface area contributed by atoms with Gasteiger partial charge in [-0.3, -0.25) is 4.79 Å². The number of rotatable bonds is 4. The lowest BCUT2D eigenvalue weighted by atomic mass is 10.1. The van der Waals surface area contributed by atoms with Crippen LogP contribution in [0.4, 0.5) is 4.39 Å². The van der Waals surface area contributed by atoms with Gasteiger partial charge in [-0.05, 0) is 18.2 Å². The Balaban J connectivity index is 3.24. The molecule has 0 amide bonds. The Bertz CT molecular complexity index is 452. The summed E-state index contributed by atoms with van der Waals surface area (Å²) in [5.41, 5.74) is -0.208. The average Bonchev–Trinajstić information content (AvgIpc) is 2.26. The Morgan fingerprint density at radius 3 is 2.69 bits per heavy atom. The third-order valence-electron chi connectivity index (χ3n) is 1.91. The van der Waals surface area contributed by atoms with Gasteiger partial charge in [0.25, 0.3) is 0 Å². The standard InChI is InChI=1S/C11H9FO4/c1-16-9-4-2-7(3-5-10(14)15)11(12)8(9)6-13/h2-6H,1H3,(H,14,15)/b5-3+. The SMILES string of the molecule is COc1ccc(/C=C/C(=O)O)c(F)c1C=O. The van der Waals surface area contributed by atoms with Gasteiger partial charge < -0.3 is 9.84 Å². The molecular formula is C11H9FO4. The molecule has 1 rings (SSSR count). The number of aliphatic carboxylic acids is 1. The number of methoxy groups -OCH3 is 1. The van der Waals surface area contributed by atoms with Crippen molar-refractivity contribution in [2.75, 3.05) is 7.11 Å². The van der Waals surface area contributed by atoms with Gasteiger partial charge >= 0.3 is 5.97 Å². The molecule has 84 valence electrons. The smallest absolute Gasteiger partial charge is 0.328 e. The van der Waals surface area contributed by atoms with Crippen LogP contribution in [0.1, 0.15) is 15.9 Å². The second kappa shape index (κ2) is 5.06. The molecule has 0 bridgehead atoms. The summed E-state index contributed by atoms with van der Waals surface area (Å²) in [4.78, 5) is 20.9. The Hall–Kier alpha value is -2.17. The number of carboxylic acids is 1. The summed E-state index contributed by atoms with van der Waals surface area (Å²) < 4.78 is 18.4. The van der Waals surface area contributed by atoms with E-state index in [0.29, 0.717) is 6.29 Å². The first-order valence-corrected chi connectivity index (χ1v) is 4.32. The van der Waals surface area contributed by atoms with E-state index in [9.17, 15) is 14.0 Å². The van der Waals surface area contributed by atoms with Gasteiger partial charge in [0.05, 0.1) is 12.7 Å². The molecule has 0 aliphatic rings. The summed E-state index contributed by atoms with van der Waals surface area (Å²) in [7, 11) is 1.31. The van der Waals surface area contributed by atoms with Crippen LogP contribution in [0.2, 0.25) is 0 Å². The molecule has 1 N–H and O–H groups in total. The lowest BCUT2D eigenvalue weighted by Crippen LogP contribution is -1.97. The van der Waals surface area contributed by atoms with Gasteiger partial charge in [-0.2, -0.15) is 0 Å². The predicted octanol–water partition coefficient (Wildman–Crippen LogP) is 1.74. The molecule has 0 fully saturated rings. The van der Waals surface area contributed by atoms with Gasteiger partial charge in [0.2, 0.25) is 0 Å². The van der Waals surface area contributed by atoms with Gasteiger partial charge in [0.1, 0.15) is 11.6 Å². The third kappa shape index (κ3) is 2.44. The first-order chi connectivity index (χ1) is 7.60. The van der Waals surface area contributed by atoms with Crippen LogP contribution in [0.25, 0.3) is 6.08 Å². The maximum atomic E-state index is 13.6. The monoisotopic (exact) mass is 224 g/mol. The molecule has 0 radical (unpaired) electrons. The summed E-state index contributed by atoms with van der Waals surface area (Å²) in [6.07, 6.45) is 2.19. The van der Waals surface area contributed by atoms with Crippen LogP contribution in [-0.2, 0) is 4.79 Å². The first kappa shape index (κ1) is 11.9. The molecule has 0 aliphatic heterocycles. The van der Waals surface area contributed by atoms with Crippen LogP contribution in [0.15, 0.2) is 18.2 Å². The van der Waals surface area contributed by atoms with Gasteiger partial charge in [-0.15, -0.1) is 0 Å². The van der Waals surface area contributed by atoms with Crippen LogP contribution >= 0.6 is 0 Å². The maximum Gasteiger partial charge on any atom is 0.328 e. The number of hydrogen-bond donors (Lipinski definition) is 1. The fraction of sp³-hybridized carbons (Fsp3) is 0.0909. The van der Waals surface area contributed by atoms with Gasteiger partial charge in [0.15, 0.2) is 6.29 Å². The van der Waals surface area contributed by atoms with E-state index in [1.165, 1.54) is 19.2 Å². The van der Waals surface area contributed by atoms with E-state index in [1.807, 2.05) is 0 Å². The molecule has 0 spiro atoms. The van der Waals surface area contributed by atoms with E-state index < -0.39 is 11.8 Å². The second-order valence-corrected chi connectivity index (χ2v) is 2.87. The van der Waals surface area contributed by atoms with Crippen LogP contribution in [0.5, 0.6) is 5.75 Å². The molecule has 0 aromatic heterocycles. The number of carboxylic acid groups (broad SMARTS) is 1. The van der Waals surface area contributed by atoms with Gasteiger partial charge in [0, 0.05) is 11.6 Å². The summed E-state index contributed by atoms with van der Waals surface area (Å²) in [6.45, 7) is 0. The molecule has 0 aliphatic carbocycles. The van der Waals surface area contributed by atoms with Crippen LogP contribution < -0.4 is 4.74 Å². The third-order valence-corrected chi connectivity index (χ3v) is 1.91. The van der Waals surface area contributed by atoms with E-state index in [2.05, 4.69) is 0 Å². The van der Waals surface area contributed by atoms with Crippen molar-refractivity contribution in [1.29, 1.82) is 0 Å². The van der Waals surface area contributed by atoms with Crippen molar-refractivity contribution >= 4 is 18.3 Å². The Morgan fingerprint density at radius 2 is 2.19 bits per heavy atom. The van der Waals surface area contributed by atoms with Crippen LogP contribution in [0, 0.1) is 5.82 Å². The minimum absolute atomic E-state index is 0.0188. The number of hydrogen-bond acceptors (Lipinski definition) is 3. The minimum Gasteiger partial charge on any atom is -0.496 e. The molecule has 0 atom stereocenters. The number of carbonyl (C=O) groups excluding carboxylic acids is 1. The highest BCUT2D eigenvalue weighted by molar-refractivity contribution is 5.87. The zero-order valence-electron chi connectivity index (χ0n) is 8.44. The molecule has 1 aromatic rings. The maximum absolute atomic E-state index is 13.6. The molecule has 4 nitrogen and oxygen atoms in total. The molecule has 0 saturated carbocycles. The Labute approximate surface area is 91.0 Å². The first-order valence-electron chi connectivity index (χ1n) is 4.32. The molecule has 1 aromatic carbocycles.